The molecule has 0 aromatic heterocycles. The second kappa shape index (κ2) is 11.6. The van der Waals surface area contributed by atoms with E-state index in [1.807, 2.05) is 0 Å². The van der Waals surface area contributed by atoms with Gasteiger partial charge < -0.3 is 9.80 Å². The monoisotopic (exact) mass is 666 g/mol. The molecule has 0 aliphatic rings. The molecule has 10 aromatic rings. The van der Waals surface area contributed by atoms with Gasteiger partial charge in [0.15, 0.2) is 0 Å². The zero-order valence-corrected chi connectivity index (χ0v) is 29.9. The molecule has 0 amide bonds. The Bertz CT molecular complexity index is 2610. The standard InChI is InChI=1S/C50H38N2/c1-31-11-21-37(22-12-31)51(38-23-13-32(2)14-24-38)49-41-9-5-7-35-20-30-44-48(45(35)41)47-43(49)29-19-36-8-6-10-42(46(36)47)50(44)52(39-25-15-33(3)16-26-39)40-27-17-34(4)18-28-40/h5-30H,1-4H3. The summed E-state index contributed by atoms with van der Waals surface area (Å²) in [7, 11) is 0. The van der Waals surface area contributed by atoms with Gasteiger partial charge in [0.05, 0.1) is 11.4 Å². The number of rotatable bonds is 6. The van der Waals surface area contributed by atoms with Gasteiger partial charge in [-0.2, -0.15) is 0 Å². The highest BCUT2D eigenvalue weighted by Crippen LogP contribution is 2.55. The van der Waals surface area contributed by atoms with E-state index in [-0.39, 0.29) is 0 Å². The summed E-state index contributed by atoms with van der Waals surface area (Å²) in [5.74, 6) is 0. The van der Waals surface area contributed by atoms with Crippen molar-refractivity contribution in [3.8, 4) is 0 Å². The second-order valence-corrected chi connectivity index (χ2v) is 14.5. The van der Waals surface area contributed by atoms with E-state index in [9.17, 15) is 0 Å². The van der Waals surface area contributed by atoms with Crippen molar-refractivity contribution in [2.24, 2.45) is 0 Å². The first-order valence-corrected chi connectivity index (χ1v) is 18.2. The summed E-state index contributed by atoms with van der Waals surface area (Å²) in [6, 6.07) is 59.0. The third-order valence-electron chi connectivity index (χ3n) is 11.0. The molecule has 0 aliphatic carbocycles. The summed E-state index contributed by atoms with van der Waals surface area (Å²) in [6.07, 6.45) is 0. The van der Waals surface area contributed by atoms with Crippen molar-refractivity contribution in [3.05, 3.63) is 180 Å². The first-order valence-electron chi connectivity index (χ1n) is 18.2. The fourth-order valence-corrected chi connectivity index (χ4v) is 8.43. The Balaban J connectivity index is 1.40. The van der Waals surface area contributed by atoms with Gasteiger partial charge in [0.2, 0.25) is 0 Å². The fourth-order valence-electron chi connectivity index (χ4n) is 8.43. The quantitative estimate of drug-likeness (QED) is 0.129. The predicted octanol–water partition coefficient (Wildman–Crippen LogP) is 14.5. The van der Waals surface area contributed by atoms with Gasteiger partial charge >= 0.3 is 0 Å². The molecule has 0 heterocycles. The smallest absolute Gasteiger partial charge is 0.0619 e. The highest BCUT2D eigenvalue weighted by atomic mass is 15.2. The van der Waals surface area contributed by atoms with Crippen LogP contribution in [0.1, 0.15) is 22.3 Å². The molecule has 0 bridgehead atoms. The highest BCUT2D eigenvalue weighted by Gasteiger charge is 2.28. The van der Waals surface area contributed by atoms with Crippen molar-refractivity contribution in [1.29, 1.82) is 0 Å². The Kier molecular flexibility index (Phi) is 6.78. The Morgan fingerprint density at radius 1 is 0.269 bits per heavy atom. The first kappa shape index (κ1) is 30.4. The minimum Gasteiger partial charge on any atom is -0.309 e. The molecular weight excluding hydrogens is 629 g/mol. The Morgan fingerprint density at radius 2 is 0.558 bits per heavy atom. The molecule has 0 unspecified atom stereocenters. The molecule has 10 rings (SSSR count). The van der Waals surface area contributed by atoms with Gasteiger partial charge in [0, 0.05) is 55.1 Å². The van der Waals surface area contributed by atoms with Crippen molar-refractivity contribution < 1.29 is 0 Å². The maximum absolute atomic E-state index is 2.48. The van der Waals surface area contributed by atoms with Crippen molar-refractivity contribution in [2.75, 3.05) is 9.80 Å². The van der Waals surface area contributed by atoms with Gasteiger partial charge in [-0.15, -0.1) is 0 Å². The van der Waals surface area contributed by atoms with Gasteiger partial charge in [0.25, 0.3) is 0 Å². The topological polar surface area (TPSA) is 6.48 Å². The van der Waals surface area contributed by atoms with Crippen molar-refractivity contribution in [3.63, 3.8) is 0 Å². The van der Waals surface area contributed by atoms with Crippen LogP contribution in [0.4, 0.5) is 34.1 Å². The molecule has 0 saturated carbocycles. The summed E-state index contributed by atoms with van der Waals surface area (Å²) in [5.41, 5.74) is 12.0. The summed E-state index contributed by atoms with van der Waals surface area (Å²) in [6.45, 7) is 8.63. The first-order chi connectivity index (χ1) is 25.4. The third kappa shape index (κ3) is 4.57. The van der Waals surface area contributed by atoms with Crippen molar-refractivity contribution in [2.45, 2.75) is 27.7 Å². The maximum atomic E-state index is 2.48. The molecular formula is C50H38N2. The predicted molar refractivity (Wildman–Crippen MR) is 225 cm³/mol. The zero-order valence-electron chi connectivity index (χ0n) is 29.9. The van der Waals surface area contributed by atoms with E-state index < -0.39 is 0 Å². The molecule has 0 aliphatic heterocycles. The van der Waals surface area contributed by atoms with Crippen molar-refractivity contribution >= 4 is 88.0 Å². The fraction of sp³-hybridized carbons (Fsp3) is 0.0800. The molecule has 0 saturated heterocycles. The lowest BCUT2D eigenvalue weighted by molar-refractivity contribution is 1.29. The second-order valence-electron chi connectivity index (χ2n) is 14.5. The van der Waals surface area contributed by atoms with Gasteiger partial charge in [-0.3, -0.25) is 0 Å². The van der Waals surface area contributed by atoms with Gasteiger partial charge in [-0.1, -0.05) is 131 Å². The highest BCUT2D eigenvalue weighted by molar-refractivity contribution is 6.43. The lowest BCUT2D eigenvalue weighted by Crippen LogP contribution is -2.13. The average molecular weight is 667 g/mol. The molecule has 248 valence electrons. The Morgan fingerprint density at radius 3 is 0.865 bits per heavy atom. The summed E-state index contributed by atoms with van der Waals surface area (Å²) in [5, 5.41) is 12.8. The maximum Gasteiger partial charge on any atom is 0.0619 e. The third-order valence-corrected chi connectivity index (χ3v) is 11.0. The summed E-state index contributed by atoms with van der Waals surface area (Å²) < 4.78 is 0. The van der Waals surface area contributed by atoms with Crippen LogP contribution in [0.25, 0.3) is 53.9 Å². The van der Waals surface area contributed by atoms with Crippen LogP contribution in [-0.2, 0) is 0 Å². The molecule has 52 heavy (non-hydrogen) atoms. The van der Waals surface area contributed by atoms with E-state index >= 15 is 0 Å². The average Bonchev–Trinajstić information content (AvgIpc) is 3.17. The van der Waals surface area contributed by atoms with E-state index in [2.05, 4.69) is 195 Å². The minimum atomic E-state index is 1.15. The van der Waals surface area contributed by atoms with Crippen LogP contribution in [0.3, 0.4) is 0 Å². The van der Waals surface area contributed by atoms with Crippen LogP contribution in [0, 0.1) is 27.7 Å². The van der Waals surface area contributed by atoms with E-state index in [0.29, 0.717) is 0 Å². The number of hydrogen-bond donors (Lipinski definition) is 0. The zero-order chi connectivity index (χ0) is 35.1. The number of hydrogen-bond acceptors (Lipinski definition) is 2. The largest absolute Gasteiger partial charge is 0.309 e. The van der Waals surface area contributed by atoms with Gasteiger partial charge in [0.1, 0.15) is 0 Å². The summed E-state index contributed by atoms with van der Waals surface area (Å²) >= 11 is 0. The molecule has 0 radical (unpaired) electrons. The van der Waals surface area contributed by atoms with Crippen LogP contribution in [0.15, 0.2) is 158 Å². The minimum absolute atomic E-state index is 1.15. The molecule has 0 atom stereocenters. The SMILES string of the molecule is Cc1ccc(N(c2ccc(C)cc2)c2c3cccc4ccc5c(N(c6ccc(C)cc6)c6ccc(C)cc6)c6cccc7ccc2c(c76)c5c43)cc1. The molecule has 2 heteroatoms. The molecule has 10 aromatic carbocycles. The van der Waals surface area contributed by atoms with Crippen LogP contribution in [-0.4, -0.2) is 0 Å². The van der Waals surface area contributed by atoms with Crippen LogP contribution >= 0.6 is 0 Å². The van der Waals surface area contributed by atoms with Gasteiger partial charge in [-0.05, 0) is 97.8 Å². The van der Waals surface area contributed by atoms with Crippen molar-refractivity contribution in [1.82, 2.24) is 0 Å². The molecule has 0 N–H and O–H groups in total. The number of nitrogens with zero attached hydrogens (tertiary/aromatic N) is 2. The normalized spacial score (nSPS) is 11.8. The van der Waals surface area contributed by atoms with E-state index in [1.54, 1.807) is 0 Å². The van der Waals surface area contributed by atoms with E-state index in [4.69, 9.17) is 0 Å². The van der Waals surface area contributed by atoms with Crippen LogP contribution in [0.2, 0.25) is 0 Å². The molecule has 0 spiro atoms. The summed E-state index contributed by atoms with van der Waals surface area (Å²) in [4.78, 5) is 4.96. The number of anilines is 6. The number of aryl methyl sites for hydroxylation is 4. The van der Waals surface area contributed by atoms with Crippen LogP contribution in [0.5, 0.6) is 0 Å². The van der Waals surface area contributed by atoms with E-state index in [1.165, 1.54) is 87.5 Å². The van der Waals surface area contributed by atoms with Crippen LogP contribution < -0.4 is 9.80 Å². The van der Waals surface area contributed by atoms with Gasteiger partial charge in [-0.25, -0.2) is 0 Å². The lowest BCUT2D eigenvalue weighted by Gasteiger charge is -2.33. The Hall–Kier alpha value is -6.38. The molecule has 0 fully saturated rings. The lowest BCUT2D eigenvalue weighted by atomic mass is 9.84. The molecule has 2 nitrogen and oxygen atoms in total. The van der Waals surface area contributed by atoms with E-state index in [0.717, 1.165) is 22.7 Å². The number of benzene rings is 10. The Labute approximate surface area is 304 Å².